The Morgan fingerprint density at radius 2 is 1.96 bits per heavy atom. The fourth-order valence-corrected chi connectivity index (χ4v) is 3.78. The van der Waals surface area contributed by atoms with E-state index in [2.05, 4.69) is 9.97 Å². The maximum Gasteiger partial charge on any atom is 0.348 e. The summed E-state index contributed by atoms with van der Waals surface area (Å²) in [4.78, 5) is 32.8. The number of nitro groups is 1. The highest BCUT2D eigenvalue weighted by Crippen LogP contribution is 2.41. The van der Waals surface area contributed by atoms with Crippen molar-refractivity contribution in [2.45, 2.75) is 24.9 Å². The van der Waals surface area contributed by atoms with Crippen LogP contribution in [0.15, 0.2) is 30.6 Å². The first-order chi connectivity index (χ1) is 12.5. The number of benzene rings is 1. The molecule has 0 atom stereocenters. The summed E-state index contributed by atoms with van der Waals surface area (Å²) in [5.74, 6) is 0.872. The summed E-state index contributed by atoms with van der Waals surface area (Å²) >= 11 is 5.87. The molecule has 0 N–H and O–H groups in total. The SMILES string of the molecule is O=C1CC2(CCN(c3ncnc(Cl)c3[N+](=O)[O-])CC2)Oc2ccccc21. The van der Waals surface area contributed by atoms with E-state index in [4.69, 9.17) is 16.3 Å². The molecule has 1 aromatic carbocycles. The average molecular weight is 375 g/mol. The Morgan fingerprint density at radius 1 is 1.23 bits per heavy atom. The van der Waals surface area contributed by atoms with Crippen molar-refractivity contribution in [3.05, 3.63) is 51.4 Å². The van der Waals surface area contributed by atoms with E-state index in [1.165, 1.54) is 6.33 Å². The normalized spacial score (nSPS) is 18.3. The number of hydrogen-bond donors (Lipinski definition) is 0. The van der Waals surface area contributed by atoms with Gasteiger partial charge in [0.1, 0.15) is 17.7 Å². The summed E-state index contributed by atoms with van der Waals surface area (Å²) in [6.45, 7) is 0.952. The van der Waals surface area contributed by atoms with Crippen LogP contribution >= 0.6 is 11.6 Å². The van der Waals surface area contributed by atoms with Crippen molar-refractivity contribution in [2.75, 3.05) is 18.0 Å². The molecular formula is C17H15ClN4O4. The fourth-order valence-electron chi connectivity index (χ4n) is 3.59. The number of halogens is 1. The van der Waals surface area contributed by atoms with E-state index in [9.17, 15) is 14.9 Å². The third-order valence-electron chi connectivity index (χ3n) is 4.91. The van der Waals surface area contributed by atoms with Gasteiger partial charge in [-0.25, -0.2) is 9.97 Å². The second-order valence-corrected chi connectivity index (χ2v) is 6.82. The molecule has 0 amide bonds. The van der Waals surface area contributed by atoms with Gasteiger partial charge in [0.15, 0.2) is 5.78 Å². The summed E-state index contributed by atoms with van der Waals surface area (Å²) < 4.78 is 6.18. The predicted octanol–water partition coefficient (Wildman–Crippen LogP) is 3.04. The lowest BCUT2D eigenvalue weighted by atomic mass is 9.82. The van der Waals surface area contributed by atoms with Gasteiger partial charge >= 0.3 is 5.69 Å². The highest BCUT2D eigenvalue weighted by atomic mass is 35.5. The molecule has 2 aromatic rings. The van der Waals surface area contributed by atoms with Crippen molar-refractivity contribution >= 4 is 28.9 Å². The molecule has 26 heavy (non-hydrogen) atoms. The molecule has 2 aliphatic heterocycles. The monoisotopic (exact) mass is 374 g/mol. The molecule has 8 nitrogen and oxygen atoms in total. The first kappa shape index (κ1) is 16.7. The number of fused-ring (bicyclic) bond motifs is 1. The van der Waals surface area contributed by atoms with E-state index in [1.54, 1.807) is 17.0 Å². The van der Waals surface area contributed by atoms with Crippen LogP contribution in [0, 0.1) is 10.1 Å². The molecule has 0 saturated carbocycles. The second kappa shape index (κ2) is 6.21. The summed E-state index contributed by atoms with van der Waals surface area (Å²) in [7, 11) is 0. The number of anilines is 1. The number of carbonyl (C=O) groups is 1. The predicted molar refractivity (Wildman–Crippen MR) is 93.9 cm³/mol. The summed E-state index contributed by atoms with van der Waals surface area (Å²) in [6, 6.07) is 7.23. The molecule has 1 spiro atoms. The Morgan fingerprint density at radius 3 is 2.69 bits per heavy atom. The van der Waals surface area contributed by atoms with E-state index in [0.717, 1.165) is 0 Å². The molecule has 3 heterocycles. The van der Waals surface area contributed by atoms with Crippen molar-refractivity contribution in [3.63, 3.8) is 0 Å². The van der Waals surface area contributed by atoms with Crippen molar-refractivity contribution in [1.82, 2.24) is 9.97 Å². The Balaban J connectivity index is 1.57. The van der Waals surface area contributed by atoms with E-state index in [1.807, 2.05) is 12.1 Å². The maximum absolute atomic E-state index is 12.5. The zero-order valence-electron chi connectivity index (χ0n) is 13.7. The van der Waals surface area contributed by atoms with E-state index in [0.29, 0.717) is 43.7 Å². The highest BCUT2D eigenvalue weighted by molar-refractivity contribution is 6.31. The molecule has 2 aliphatic rings. The molecule has 1 fully saturated rings. The number of ketones is 1. The molecule has 0 radical (unpaired) electrons. The van der Waals surface area contributed by atoms with Crippen molar-refractivity contribution in [2.24, 2.45) is 0 Å². The molecule has 0 bridgehead atoms. The van der Waals surface area contributed by atoms with Crippen LogP contribution in [0.5, 0.6) is 5.75 Å². The Kier molecular flexibility index (Phi) is 3.99. The van der Waals surface area contributed by atoms with Gasteiger partial charge in [0.25, 0.3) is 0 Å². The van der Waals surface area contributed by atoms with Crippen LogP contribution in [0.1, 0.15) is 29.6 Å². The molecule has 1 saturated heterocycles. The van der Waals surface area contributed by atoms with Gasteiger partial charge < -0.3 is 9.64 Å². The Labute approximate surface area is 153 Å². The molecule has 1 aromatic heterocycles. The average Bonchev–Trinajstić information content (AvgIpc) is 2.62. The van der Waals surface area contributed by atoms with Crippen LogP contribution in [0.3, 0.4) is 0 Å². The van der Waals surface area contributed by atoms with Crippen LogP contribution in [-0.4, -0.2) is 39.4 Å². The van der Waals surface area contributed by atoms with E-state index >= 15 is 0 Å². The smallest absolute Gasteiger partial charge is 0.348 e. The van der Waals surface area contributed by atoms with Gasteiger partial charge in [0, 0.05) is 25.9 Å². The third-order valence-corrected chi connectivity index (χ3v) is 5.19. The lowest BCUT2D eigenvalue weighted by molar-refractivity contribution is -0.384. The van der Waals surface area contributed by atoms with Crippen LogP contribution in [0.25, 0.3) is 0 Å². The van der Waals surface area contributed by atoms with E-state index < -0.39 is 10.5 Å². The molecule has 134 valence electrons. The minimum atomic E-state index is -0.576. The number of para-hydroxylation sites is 1. The van der Waals surface area contributed by atoms with Crippen LogP contribution in [0.2, 0.25) is 5.15 Å². The number of rotatable bonds is 2. The fraction of sp³-hybridized carbons (Fsp3) is 0.353. The largest absolute Gasteiger partial charge is 0.486 e. The minimum Gasteiger partial charge on any atom is -0.486 e. The molecule has 9 heteroatoms. The Bertz CT molecular complexity index is 896. The van der Waals surface area contributed by atoms with Gasteiger partial charge in [0.2, 0.25) is 11.0 Å². The van der Waals surface area contributed by atoms with Crippen LogP contribution < -0.4 is 9.64 Å². The number of Topliss-reactive ketones (excluding diaryl/α,β-unsaturated/α-hetero) is 1. The van der Waals surface area contributed by atoms with Crippen LogP contribution in [-0.2, 0) is 0 Å². The standard InChI is InChI=1S/C17H15ClN4O4/c18-15-14(22(24)25)16(20-10-19-15)21-7-5-17(6-8-21)9-12(23)11-3-1-2-4-13(11)26-17/h1-4,10H,5-9H2. The number of piperidine rings is 1. The zero-order chi connectivity index (χ0) is 18.3. The first-order valence-electron chi connectivity index (χ1n) is 8.20. The molecule has 0 unspecified atom stereocenters. The number of hydrogen-bond acceptors (Lipinski definition) is 7. The number of nitrogens with zero attached hydrogens (tertiary/aromatic N) is 4. The number of ether oxygens (including phenoxy) is 1. The van der Waals surface area contributed by atoms with Gasteiger partial charge in [0.05, 0.1) is 16.9 Å². The minimum absolute atomic E-state index is 0.0661. The summed E-state index contributed by atoms with van der Waals surface area (Å²) in [5.41, 5.74) is -0.261. The van der Waals surface area contributed by atoms with Crippen molar-refractivity contribution in [3.8, 4) is 5.75 Å². The Hall–Kier alpha value is -2.74. The number of aromatic nitrogens is 2. The zero-order valence-corrected chi connectivity index (χ0v) is 14.5. The quantitative estimate of drug-likeness (QED) is 0.452. The van der Waals surface area contributed by atoms with Gasteiger partial charge in [-0.05, 0) is 12.1 Å². The lowest BCUT2D eigenvalue weighted by Gasteiger charge is -2.44. The molecule has 4 rings (SSSR count). The highest BCUT2D eigenvalue weighted by Gasteiger charge is 2.44. The summed E-state index contributed by atoms with van der Waals surface area (Å²) in [5, 5.41) is 11.1. The van der Waals surface area contributed by atoms with Gasteiger partial charge in [-0.3, -0.25) is 14.9 Å². The summed E-state index contributed by atoms with van der Waals surface area (Å²) in [6.07, 6.45) is 2.65. The van der Waals surface area contributed by atoms with E-state index in [-0.39, 0.29) is 22.4 Å². The third kappa shape index (κ3) is 2.76. The second-order valence-electron chi connectivity index (χ2n) is 6.46. The van der Waals surface area contributed by atoms with Crippen LogP contribution in [0.4, 0.5) is 11.5 Å². The van der Waals surface area contributed by atoms with Gasteiger partial charge in [-0.15, -0.1) is 0 Å². The topological polar surface area (TPSA) is 98.5 Å². The first-order valence-corrected chi connectivity index (χ1v) is 8.58. The van der Waals surface area contributed by atoms with Gasteiger partial charge in [-0.2, -0.15) is 0 Å². The van der Waals surface area contributed by atoms with Crippen molar-refractivity contribution < 1.29 is 14.5 Å². The maximum atomic E-state index is 12.5. The molecular weight excluding hydrogens is 360 g/mol. The van der Waals surface area contributed by atoms with Crippen molar-refractivity contribution in [1.29, 1.82) is 0 Å². The lowest BCUT2D eigenvalue weighted by Crippen LogP contribution is -2.51. The molecule has 0 aliphatic carbocycles. The number of carbonyl (C=O) groups excluding carboxylic acids is 1. The van der Waals surface area contributed by atoms with Gasteiger partial charge in [-0.1, -0.05) is 23.7 Å².